The molecular formula is C31H58O6Si. The number of aliphatic hydroxyl groups is 1. The van der Waals surface area contributed by atoms with Gasteiger partial charge in [-0.25, -0.2) is 4.79 Å². The van der Waals surface area contributed by atoms with E-state index in [0.29, 0.717) is 25.2 Å². The lowest BCUT2D eigenvalue weighted by Gasteiger charge is -2.38. The fourth-order valence-corrected chi connectivity index (χ4v) is 6.88. The number of aliphatic carboxylic acids is 1. The maximum atomic E-state index is 11.9. The van der Waals surface area contributed by atoms with Gasteiger partial charge in [0.2, 0.25) is 0 Å². The first-order valence-electron chi connectivity index (χ1n) is 15.5. The van der Waals surface area contributed by atoms with Crippen molar-refractivity contribution in [1.29, 1.82) is 0 Å². The summed E-state index contributed by atoms with van der Waals surface area (Å²) in [5, 5.41) is 20.7. The number of hydrogen-bond donors (Lipinski definition) is 2. The van der Waals surface area contributed by atoms with Gasteiger partial charge >= 0.3 is 5.97 Å². The predicted octanol–water partition coefficient (Wildman–Crippen LogP) is 7.85. The number of aliphatic hydroxyl groups excluding tert-OH is 1. The molecule has 1 aliphatic heterocycles. The van der Waals surface area contributed by atoms with E-state index in [9.17, 15) is 15.0 Å². The van der Waals surface area contributed by atoms with Crippen molar-refractivity contribution in [1.82, 2.24) is 0 Å². The van der Waals surface area contributed by atoms with Gasteiger partial charge < -0.3 is 24.1 Å². The number of unbranched alkanes of at least 4 members (excludes halogenated alkanes) is 5. The largest absolute Gasteiger partial charge is 0.479 e. The Hall–Kier alpha value is -0.733. The van der Waals surface area contributed by atoms with Crippen LogP contribution in [0.15, 0.2) is 12.2 Å². The van der Waals surface area contributed by atoms with E-state index in [1.807, 2.05) is 0 Å². The monoisotopic (exact) mass is 554 g/mol. The Kier molecular flexibility index (Phi) is 14.5. The number of allylic oxidation sites excluding steroid dienone is 2. The minimum absolute atomic E-state index is 0.0263. The van der Waals surface area contributed by atoms with Gasteiger partial charge in [-0.2, -0.15) is 0 Å². The standard InChI is InChI=1S/C31H58O6Si/c1-7-8-9-10-11-13-19-25-24(26(32)23-28(25)36-29-21-16-17-22-35-29)18-14-12-15-20-27(30(33)34)37-38(5,6)31(2,3)4/h12,14,24-29,32H,7-11,13,15-23H2,1-6H3,(H,33,34)/t24-,25-,26+,27?,28?,29?/m1/s1. The van der Waals surface area contributed by atoms with Crippen molar-refractivity contribution in [2.45, 2.75) is 160 Å². The van der Waals surface area contributed by atoms with Crippen molar-refractivity contribution in [2.24, 2.45) is 11.8 Å². The molecule has 1 aliphatic carbocycles. The first-order valence-corrected chi connectivity index (χ1v) is 18.4. The molecule has 38 heavy (non-hydrogen) atoms. The molecule has 0 radical (unpaired) electrons. The number of carbonyl (C=O) groups is 1. The second-order valence-electron chi connectivity index (χ2n) is 13.1. The number of carboxylic acid groups (broad SMARTS) is 1. The van der Waals surface area contributed by atoms with Crippen molar-refractivity contribution in [3.63, 3.8) is 0 Å². The van der Waals surface area contributed by atoms with Crippen LogP contribution in [0.1, 0.15) is 118 Å². The number of hydrogen-bond acceptors (Lipinski definition) is 5. The summed E-state index contributed by atoms with van der Waals surface area (Å²) in [7, 11) is -2.15. The molecule has 2 aliphatic rings. The molecule has 0 amide bonds. The van der Waals surface area contributed by atoms with Gasteiger partial charge in [0.1, 0.15) is 6.10 Å². The molecule has 0 aromatic rings. The molecule has 2 fully saturated rings. The van der Waals surface area contributed by atoms with E-state index in [-0.39, 0.29) is 29.5 Å². The summed E-state index contributed by atoms with van der Waals surface area (Å²) in [6.07, 6.45) is 17.5. The van der Waals surface area contributed by atoms with Gasteiger partial charge in [-0.15, -0.1) is 0 Å². The molecule has 2 rings (SSSR count). The molecular weight excluding hydrogens is 496 g/mol. The van der Waals surface area contributed by atoms with Gasteiger partial charge in [0, 0.05) is 13.0 Å². The van der Waals surface area contributed by atoms with Crippen LogP contribution in [0.25, 0.3) is 0 Å². The fourth-order valence-electron chi connectivity index (χ4n) is 5.59. The average Bonchev–Trinajstić information content (AvgIpc) is 3.13. The van der Waals surface area contributed by atoms with E-state index in [2.05, 4.69) is 52.9 Å². The highest BCUT2D eigenvalue weighted by Crippen LogP contribution is 2.41. The Morgan fingerprint density at radius 1 is 1.08 bits per heavy atom. The fraction of sp³-hybridized carbons (Fsp3) is 0.903. The lowest BCUT2D eigenvalue weighted by Crippen LogP contribution is -2.46. The van der Waals surface area contributed by atoms with Crippen molar-refractivity contribution in [3.8, 4) is 0 Å². The second-order valence-corrected chi connectivity index (χ2v) is 17.9. The van der Waals surface area contributed by atoms with E-state index in [1.54, 1.807) is 0 Å². The number of carboxylic acids is 1. The van der Waals surface area contributed by atoms with Crippen LogP contribution < -0.4 is 0 Å². The van der Waals surface area contributed by atoms with Crippen LogP contribution >= 0.6 is 0 Å². The molecule has 0 aromatic heterocycles. The van der Waals surface area contributed by atoms with Gasteiger partial charge in [0.25, 0.3) is 0 Å². The SMILES string of the molecule is CCCCCCCC[C@H]1C(OC2CCCCO2)C[C@H](O)[C@@H]1CC=CCCC(O[Si](C)(C)C(C)(C)C)C(=O)O. The Morgan fingerprint density at radius 2 is 1.79 bits per heavy atom. The Balaban J connectivity index is 1.92. The summed E-state index contributed by atoms with van der Waals surface area (Å²) in [5.41, 5.74) is 0. The molecule has 1 heterocycles. The topological polar surface area (TPSA) is 85.2 Å². The second kappa shape index (κ2) is 16.5. The molecule has 7 heteroatoms. The minimum Gasteiger partial charge on any atom is -0.479 e. The highest BCUT2D eigenvalue weighted by molar-refractivity contribution is 6.74. The van der Waals surface area contributed by atoms with Gasteiger partial charge in [-0.3, -0.25) is 0 Å². The zero-order chi connectivity index (χ0) is 28.2. The highest BCUT2D eigenvalue weighted by atomic mass is 28.4. The lowest BCUT2D eigenvalue weighted by molar-refractivity contribution is -0.196. The third-order valence-electron chi connectivity index (χ3n) is 9.04. The lowest BCUT2D eigenvalue weighted by atomic mass is 9.86. The van der Waals surface area contributed by atoms with E-state index in [4.69, 9.17) is 13.9 Å². The molecule has 1 saturated carbocycles. The Morgan fingerprint density at radius 3 is 2.42 bits per heavy atom. The van der Waals surface area contributed by atoms with Gasteiger partial charge in [0.05, 0.1) is 12.2 Å². The minimum atomic E-state index is -2.15. The zero-order valence-electron chi connectivity index (χ0n) is 25.3. The molecule has 6 nitrogen and oxygen atoms in total. The van der Waals surface area contributed by atoms with Crippen molar-refractivity contribution in [2.75, 3.05) is 6.61 Å². The third-order valence-corrected chi connectivity index (χ3v) is 13.5. The molecule has 0 spiro atoms. The molecule has 6 atom stereocenters. The quantitative estimate of drug-likeness (QED) is 0.108. The number of rotatable bonds is 17. The maximum Gasteiger partial charge on any atom is 0.331 e. The summed E-state index contributed by atoms with van der Waals surface area (Å²) < 4.78 is 18.5. The van der Waals surface area contributed by atoms with Gasteiger partial charge in [-0.05, 0) is 74.9 Å². The van der Waals surface area contributed by atoms with Crippen LogP contribution in [-0.2, 0) is 18.7 Å². The van der Waals surface area contributed by atoms with Crippen LogP contribution in [0, 0.1) is 11.8 Å². The van der Waals surface area contributed by atoms with Crippen molar-refractivity contribution < 1.29 is 28.9 Å². The molecule has 3 unspecified atom stereocenters. The first-order chi connectivity index (χ1) is 18.0. The van der Waals surface area contributed by atoms with Gasteiger partial charge in [0.15, 0.2) is 14.6 Å². The van der Waals surface area contributed by atoms with E-state index in [0.717, 1.165) is 38.7 Å². The van der Waals surface area contributed by atoms with E-state index in [1.165, 1.54) is 38.5 Å². The van der Waals surface area contributed by atoms with Gasteiger partial charge in [-0.1, -0.05) is 78.4 Å². The predicted molar refractivity (Wildman–Crippen MR) is 157 cm³/mol. The normalized spacial score (nSPS) is 27.7. The summed E-state index contributed by atoms with van der Waals surface area (Å²) in [6, 6.07) is 0. The Labute approximate surface area is 234 Å². The third kappa shape index (κ3) is 11.0. The average molecular weight is 555 g/mol. The number of ether oxygens (including phenoxy) is 2. The van der Waals surface area contributed by atoms with Crippen LogP contribution in [0.4, 0.5) is 0 Å². The smallest absolute Gasteiger partial charge is 0.331 e. The summed E-state index contributed by atoms with van der Waals surface area (Å²) >= 11 is 0. The molecule has 0 aromatic carbocycles. The summed E-state index contributed by atoms with van der Waals surface area (Å²) in [4.78, 5) is 11.9. The maximum absolute atomic E-state index is 11.9. The van der Waals surface area contributed by atoms with Crippen LogP contribution in [0.3, 0.4) is 0 Å². The highest BCUT2D eigenvalue weighted by Gasteiger charge is 2.43. The van der Waals surface area contributed by atoms with Crippen molar-refractivity contribution >= 4 is 14.3 Å². The van der Waals surface area contributed by atoms with Crippen LogP contribution in [0.5, 0.6) is 0 Å². The first kappa shape index (κ1) is 33.5. The molecule has 222 valence electrons. The Bertz CT molecular complexity index is 697. The van der Waals surface area contributed by atoms with Crippen molar-refractivity contribution in [3.05, 3.63) is 12.2 Å². The van der Waals surface area contributed by atoms with E-state index >= 15 is 0 Å². The van der Waals surface area contributed by atoms with Crippen LogP contribution in [0.2, 0.25) is 18.1 Å². The molecule has 0 bridgehead atoms. The zero-order valence-corrected chi connectivity index (χ0v) is 26.3. The van der Waals surface area contributed by atoms with Crippen LogP contribution in [-0.4, -0.2) is 55.7 Å². The van der Waals surface area contributed by atoms with E-state index < -0.39 is 20.4 Å². The summed E-state index contributed by atoms with van der Waals surface area (Å²) in [5.74, 6) is -0.368. The summed E-state index contributed by atoms with van der Waals surface area (Å²) in [6.45, 7) is 13.6. The molecule has 2 N–H and O–H groups in total. The molecule has 1 saturated heterocycles.